The molecule has 0 aliphatic heterocycles. The number of sulfone groups is 1. The monoisotopic (exact) mass is 311 g/mol. The third kappa shape index (κ3) is 3.69. The van der Waals surface area contributed by atoms with Crippen molar-refractivity contribution in [3.63, 3.8) is 0 Å². The summed E-state index contributed by atoms with van der Waals surface area (Å²) in [6, 6.07) is 5.27. The molecule has 2 N–H and O–H groups in total. The molecule has 0 saturated heterocycles. The Morgan fingerprint density at radius 3 is 2.81 bits per heavy atom. The summed E-state index contributed by atoms with van der Waals surface area (Å²) in [4.78, 5) is 0. The van der Waals surface area contributed by atoms with Crippen LogP contribution in [0.25, 0.3) is 11.4 Å². The van der Waals surface area contributed by atoms with Gasteiger partial charge in [0.15, 0.2) is 11.6 Å². The molecule has 2 aromatic rings. The Morgan fingerprint density at radius 2 is 2.14 bits per heavy atom. The number of nitrogen functional groups attached to an aromatic ring is 1. The first kappa shape index (κ1) is 15.2. The molecule has 0 spiro atoms. The zero-order valence-corrected chi connectivity index (χ0v) is 12.7. The summed E-state index contributed by atoms with van der Waals surface area (Å²) in [5, 5.41) is 11.4. The Labute approximate surface area is 122 Å². The van der Waals surface area contributed by atoms with Gasteiger partial charge in [-0.3, -0.25) is 0 Å². The van der Waals surface area contributed by atoms with Gasteiger partial charge in [0.05, 0.1) is 30.2 Å². The predicted molar refractivity (Wildman–Crippen MR) is 78.5 cm³/mol. The second-order valence-electron chi connectivity index (χ2n) is 4.51. The van der Waals surface area contributed by atoms with E-state index in [-0.39, 0.29) is 12.3 Å². The Balaban J connectivity index is 2.39. The Kier molecular flexibility index (Phi) is 4.41. The summed E-state index contributed by atoms with van der Waals surface area (Å²) in [7, 11) is -3.10. The number of benzene rings is 1. The summed E-state index contributed by atoms with van der Waals surface area (Å²) in [6.07, 6.45) is 1.17. The van der Waals surface area contributed by atoms with E-state index in [0.29, 0.717) is 29.4 Å². The van der Waals surface area contributed by atoms with E-state index in [1.54, 1.807) is 18.2 Å². The van der Waals surface area contributed by atoms with Crippen LogP contribution < -0.4 is 10.5 Å². The number of para-hydroxylation sites is 1. The van der Waals surface area contributed by atoms with Crippen molar-refractivity contribution in [1.29, 1.82) is 0 Å². The molecule has 8 nitrogen and oxygen atoms in total. The molecule has 0 fully saturated rings. The number of aryl methyl sites for hydroxylation is 1. The number of hydrogen-bond donors (Lipinski definition) is 1. The summed E-state index contributed by atoms with van der Waals surface area (Å²) in [6.45, 7) is 2.47. The minimum atomic E-state index is -3.10. The van der Waals surface area contributed by atoms with Crippen LogP contribution >= 0.6 is 0 Å². The van der Waals surface area contributed by atoms with Crippen LogP contribution in [-0.4, -0.2) is 47.2 Å². The number of ether oxygens (including phenoxy) is 1. The van der Waals surface area contributed by atoms with Crippen molar-refractivity contribution in [2.45, 2.75) is 13.5 Å². The van der Waals surface area contributed by atoms with Crippen LogP contribution in [0.2, 0.25) is 0 Å². The van der Waals surface area contributed by atoms with Gasteiger partial charge >= 0.3 is 0 Å². The van der Waals surface area contributed by atoms with Crippen molar-refractivity contribution in [2.24, 2.45) is 0 Å². The first-order valence-electron chi connectivity index (χ1n) is 6.38. The maximum Gasteiger partial charge on any atom is 0.185 e. The van der Waals surface area contributed by atoms with E-state index in [9.17, 15) is 8.42 Å². The van der Waals surface area contributed by atoms with E-state index in [1.165, 1.54) is 10.9 Å². The highest BCUT2D eigenvalue weighted by Gasteiger charge is 2.17. The lowest BCUT2D eigenvalue weighted by Crippen LogP contribution is -2.13. The molecular formula is C12H17N5O3S. The molecule has 0 amide bonds. The number of anilines is 1. The molecule has 1 heterocycles. The molecule has 0 bridgehead atoms. The molecule has 114 valence electrons. The lowest BCUT2D eigenvalue weighted by atomic mass is 10.1. The Bertz CT molecular complexity index is 726. The van der Waals surface area contributed by atoms with Gasteiger partial charge in [0.1, 0.15) is 9.84 Å². The number of nitrogens with zero attached hydrogens (tertiary/aromatic N) is 4. The van der Waals surface area contributed by atoms with E-state index >= 15 is 0 Å². The Morgan fingerprint density at radius 1 is 1.38 bits per heavy atom. The third-order valence-corrected chi connectivity index (χ3v) is 3.71. The van der Waals surface area contributed by atoms with E-state index in [1.807, 2.05) is 6.92 Å². The smallest absolute Gasteiger partial charge is 0.185 e. The van der Waals surface area contributed by atoms with Gasteiger partial charge in [-0.1, -0.05) is 6.07 Å². The molecule has 2 rings (SSSR count). The van der Waals surface area contributed by atoms with Crippen molar-refractivity contribution in [3.05, 3.63) is 18.2 Å². The first-order chi connectivity index (χ1) is 9.92. The van der Waals surface area contributed by atoms with Crippen molar-refractivity contribution >= 4 is 15.5 Å². The van der Waals surface area contributed by atoms with Crippen LogP contribution in [0.4, 0.5) is 5.69 Å². The van der Waals surface area contributed by atoms with Crippen LogP contribution in [0, 0.1) is 0 Å². The molecule has 0 saturated carbocycles. The van der Waals surface area contributed by atoms with Crippen LogP contribution in [0.5, 0.6) is 5.75 Å². The van der Waals surface area contributed by atoms with Gasteiger partial charge in [-0.2, -0.15) is 0 Å². The lowest BCUT2D eigenvalue weighted by Gasteiger charge is -2.12. The molecular weight excluding hydrogens is 294 g/mol. The quantitative estimate of drug-likeness (QED) is 0.766. The normalized spacial score (nSPS) is 11.5. The third-order valence-electron chi connectivity index (χ3n) is 2.78. The number of aromatic nitrogens is 4. The predicted octanol–water partition coefficient (Wildman–Crippen LogP) is 0.366. The highest BCUT2D eigenvalue weighted by atomic mass is 32.2. The zero-order valence-electron chi connectivity index (χ0n) is 11.9. The number of rotatable bonds is 6. The molecule has 0 aliphatic rings. The fourth-order valence-corrected chi connectivity index (χ4v) is 2.34. The highest BCUT2D eigenvalue weighted by Crippen LogP contribution is 2.33. The fourth-order valence-electron chi connectivity index (χ4n) is 1.84. The minimum absolute atomic E-state index is 0.0443. The molecule has 0 atom stereocenters. The molecule has 9 heteroatoms. The van der Waals surface area contributed by atoms with Gasteiger partial charge in [0.25, 0.3) is 0 Å². The molecule has 1 aromatic carbocycles. The number of nitrogens with two attached hydrogens (primary N) is 1. The average Bonchev–Trinajstić information content (AvgIpc) is 2.86. The molecule has 0 aliphatic carbocycles. The zero-order chi connectivity index (χ0) is 15.5. The maximum absolute atomic E-state index is 11.3. The second kappa shape index (κ2) is 6.08. The Hall–Kier alpha value is -2.16. The standard InChI is InChI=1S/C12H17N5O3S/c1-3-20-11-9(5-4-6-10(11)13)12-14-15-16-17(12)7-8-21(2,18)19/h4-6H,3,7-8,13H2,1-2H3. The van der Waals surface area contributed by atoms with Crippen LogP contribution in [0.3, 0.4) is 0 Å². The SMILES string of the molecule is CCOc1c(N)cccc1-c1nnnn1CCS(C)(=O)=O. The molecule has 21 heavy (non-hydrogen) atoms. The number of hydrogen-bond acceptors (Lipinski definition) is 7. The summed E-state index contributed by atoms with van der Waals surface area (Å²) in [5.41, 5.74) is 7.02. The van der Waals surface area contributed by atoms with Gasteiger partial charge < -0.3 is 10.5 Å². The first-order valence-corrected chi connectivity index (χ1v) is 8.44. The van der Waals surface area contributed by atoms with Gasteiger partial charge in [-0.25, -0.2) is 13.1 Å². The van der Waals surface area contributed by atoms with Gasteiger partial charge in [-0.15, -0.1) is 5.10 Å². The van der Waals surface area contributed by atoms with Crippen LogP contribution in [0.1, 0.15) is 6.92 Å². The van der Waals surface area contributed by atoms with E-state index in [0.717, 1.165) is 0 Å². The van der Waals surface area contributed by atoms with E-state index in [2.05, 4.69) is 15.5 Å². The van der Waals surface area contributed by atoms with Crippen molar-refractivity contribution in [3.8, 4) is 17.1 Å². The van der Waals surface area contributed by atoms with Gasteiger partial charge in [-0.05, 0) is 29.5 Å². The summed E-state index contributed by atoms with van der Waals surface area (Å²) in [5.74, 6) is 0.877. The van der Waals surface area contributed by atoms with Crippen LogP contribution in [0.15, 0.2) is 18.2 Å². The molecule has 0 radical (unpaired) electrons. The van der Waals surface area contributed by atoms with Crippen molar-refractivity contribution in [1.82, 2.24) is 20.2 Å². The van der Waals surface area contributed by atoms with Gasteiger partial charge in [0, 0.05) is 6.26 Å². The topological polar surface area (TPSA) is 113 Å². The van der Waals surface area contributed by atoms with Crippen molar-refractivity contribution in [2.75, 3.05) is 24.3 Å². The van der Waals surface area contributed by atoms with Crippen LogP contribution in [-0.2, 0) is 16.4 Å². The largest absolute Gasteiger partial charge is 0.491 e. The fraction of sp³-hybridized carbons (Fsp3) is 0.417. The van der Waals surface area contributed by atoms with Crippen molar-refractivity contribution < 1.29 is 13.2 Å². The highest BCUT2D eigenvalue weighted by molar-refractivity contribution is 7.90. The maximum atomic E-state index is 11.3. The lowest BCUT2D eigenvalue weighted by molar-refractivity contribution is 0.343. The number of tetrazole rings is 1. The summed E-state index contributed by atoms with van der Waals surface area (Å²) >= 11 is 0. The molecule has 0 unspecified atom stereocenters. The average molecular weight is 311 g/mol. The van der Waals surface area contributed by atoms with E-state index in [4.69, 9.17) is 10.5 Å². The van der Waals surface area contributed by atoms with Gasteiger partial charge in [0.2, 0.25) is 0 Å². The molecule has 1 aromatic heterocycles. The minimum Gasteiger partial charge on any atom is -0.491 e. The van der Waals surface area contributed by atoms with E-state index < -0.39 is 9.84 Å². The second-order valence-corrected chi connectivity index (χ2v) is 6.77. The summed E-state index contributed by atoms with van der Waals surface area (Å²) < 4.78 is 29.5.